The molecule has 0 unspecified atom stereocenters. The maximum atomic E-state index is 4.83. The first kappa shape index (κ1) is 18.0. The van der Waals surface area contributed by atoms with E-state index in [1.165, 1.54) is 22.2 Å². The van der Waals surface area contributed by atoms with Gasteiger partial charge in [0.15, 0.2) is 0 Å². The van der Waals surface area contributed by atoms with Gasteiger partial charge in [0.05, 0.1) is 23.6 Å². The molecule has 4 heterocycles. The minimum Gasteiger partial charge on any atom is -0.305 e. The first-order valence-corrected chi connectivity index (χ1v) is 10.1. The summed E-state index contributed by atoms with van der Waals surface area (Å²) in [6.45, 7) is 4.00. The minimum absolute atomic E-state index is 0.285. The normalized spacial score (nSPS) is 18.3. The van der Waals surface area contributed by atoms with Crippen molar-refractivity contribution in [3.63, 3.8) is 0 Å². The molecule has 4 aromatic rings. The van der Waals surface area contributed by atoms with Crippen molar-refractivity contribution in [3.8, 4) is 11.1 Å². The second kappa shape index (κ2) is 7.78. The Hall–Kier alpha value is -3.02. The van der Waals surface area contributed by atoms with Crippen LogP contribution >= 0.6 is 0 Å². The Labute approximate surface area is 171 Å². The van der Waals surface area contributed by atoms with Crippen LogP contribution in [0.3, 0.4) is 0 Å². The Morgan fingerprint density at radius 1 is 0.966 bits per heavy atom. The molecule has 3 aromatic heterocycles. The molecular formula is C24H25N5. The molecule has 0 N–H and O–H groups in total. The van der Waals surface area contributed by atoms with E-state index in [-0.39, 0.29) is 6.04 Å². The Bertz CT molecular complexity index is 1090. The molecule has 0 aliphatic carbocycles. The lowest BCUT2D eigenvalue weighted by Gasteiger charge is -2.38. The fourth-order valence-electron chi connectivity index (χ4n) is 4.20. The summed E-state index contributed by atoms with van der Waals surface area (Å²) in [5, 5.41) is 0. The van der Waals surface area contributed by atoms with Crippen LogP contribution < -0.4 is 0 Å². The van der Waals surface area contributed by atoms with E-state index in [1.807, 2.05) is 30.9 Å². The molecule has 146 valence electrons. The molecule has 5 rings (SSSR count). The van der Waals surface area contributed by atoms with Crippen molar-refractivity contribution in [1.29, 1.82) is 0 Å². The zero-order valence-electron chi connectivity index (χ0n) is 16.6. The number of imidazole rings is 1. The first-order chi connectivity index (χ1) is 14.3. The van der Waals surface area contributed by atoms with Crippen molar-refractivity contribution in [2.75, 3.05) is 26.7 Å². The monoisotopic (exact) mass is 383 g/mol. The van der Waals surface area contributed by atoms with Gasteiger partial charge in [-0.25, -0.2) is 4.98 Å². The molecule has 1 aliphatic rings. The molecule has 0 spiro atoms. The summed E-state index contributed by atoms with van der Waals surface area (Å²) in [4.78, 5) is 14.0. The van der Waals surface area contributed by atoms with Crippen LogP contribution in [0.2, 0.25) is 0 Å². The fraction of sp³-hybridized carbons (Fsp3) is 0.250. The SMILES string of the molecule is CN1CCN(Cc2cccnc2)C[C@H]1c1ncn2cc(-c3ccccc3)ccc12. The van der Waals surface area contributed by atoms with Gasteiger partial charge in [-0.15, -0.1) is 0 Å². The summed E-state index contributed by atoms with van der Waals surface area (Å²) < 4.78 is 2.16. The van der Waals surface area contributed by atoms with E-state index in [4.69, 9.17) is 4.98 Å². The largest absolute Gasteiger partial charge is 0.305 e. The number of fused-ring (bicyclic) bond motifs is 1. The van der Waals surface area contributed by atoms with Gasteiger partial charge in [-0.1, -0.05) is 42.5 Å². The Balaban J connectivity index is 1.41. The van der Waals surface area contributed by atoms with E-state index in [0.29, 0.717) is 0 Å². The molecule has 1 aromatic carbocycles. The Kier molecular flexibility index (Phi) is 4.84. The van der Waals surface area contributed by atoms with Crippen LogP contribution in [0.25, 0.3) is 16.6 Å². The quantitative estimate of drug-likeness (QED) is 0.536. The van der Waals surface area contributed by atoms with Crippen LogP contribution in [0.1, 0.15) is 17.3 Å². The van der Waals surface area contributed by atoms with Gasteiger partial charge >= 0.3 is 0 Å². The third-order valence-corrected chi connectivity index (χ3v) is 5.84. The number of aromatic nitrogens is 3. The minimum atomic E-state index is 0.285. The number of benzene rings is 1. The van der Waals surface area contributed by atoms with E-state index in [0.717, 1.165) is 31.9 Å². The van der Waals surface area contributed by atoms with Crippen LogP contribution in [0.15, 0.2) is 79.5 Å². The summed E-state index contributed by atoms with van der Waals surface area (Å²) in [5.41, 5.74) is 6.03. The topological polar surface area (TPSA) is 36.7 Å². The molecule has 29 heavy (non-hydrogen) atoms. The zero-order chi connectivity index (χ0) is 19.6. The molecule has 5 nitrogen and oxygen atoms in total. The van der Waals surface area contributed by atoms with E-state index >= 15 is 0 Å². The van der Waals surface area contributed by atoms with Gasteiger partial charge in [-0.2, -0.15) is 0 Å². The standard InChI is InChI=1S/C24H25N5/c1-27-12-13-28(15-19-6-5-11-25-14-19)17-23(27)24-22-10-9-21(16-29(22)18-26-24)20-7-3-2-4-8-20/h2-11,14,16,18,23H,12-13,15,17H2,1H3/t23-/m0/s1. The summed E-state index contributed by atoms with van der Waals surface area (Å²) in [5.74, 6) is 0. The number of hydrogen-bond donors (Lipinski definition) is 0. The van der Waals surface area contributed by atoms with E-state index < -0.39 is 0 Å². The number of hydrogen-bond acceptors (Lipinski definition) is 4. The lowest BCUT2D eigenvalue weighted by molar-refractivity contribution is 0.0892. The second-order valence-corrected chi connectivity index (χ2v) is 7.80. The predicted octanol–water partition coefficient (Wildman–Crippen LogP) is 3.89. The number of piperazine rings is 1. The summed E-state index contributed by atoms with van der Waals surface area (Å²) in [7, 11) is 2.20. The van der Waals surface area contributed by atoms with Gasteiger partial charge in [0.2, 0.25) is 0 Å². The number of nitrogens with zero attached hydrogens (tertiary/aromatic N) is 5. The molecule has 0 saturated carbocycles. The number of pyridine rings is 2. The summed E-state index contributed by atoms with van der Waals surface area (Å²) in [6, 6.07) is 19.3. The van der Waals surface area contributed by atoms with Crippen molar-refractivity contribution in [2.45, 2.75) is 12.6 Å². The number of rotatable bonds is 4. The molecule has 0 bridgehead atoms. The second-order valence-electron chi connectivity index (χ2n) is 7.80. The van der Waals surface area contributed by atoms with Gasteiger partial charge in [-0.3, -0.25) is 14.8 Å². The molecule has 0 amide bonds. The average Bonchev–Trinajstić information content (AvgIpc) is 3.19. The van der Waals surface area contributed by atoms with E-state index in [9.17, 15) is 0 Å². The van der Waals surface area contributed by atoms with Crippen LogP contribution in [-0.2, 0) is 6.54 Å². The van der Waals surface area contributed by atoms with Crippen LogP contribution in [0, 0.1) is 0 Å². The fourth-order valence-corrected chi connectivity index (χ4v) is 4.20. The average molecular weight is 383 g/mol. The third-order valence-electron chi connectivity index (χ3n) is 5.84. The first-order valence-electron chi connectivity index (χ1n) is 10.1. The van der Waals surface area contributed by atoms with E-state index in [1.54, 1.807) is 0 Å². The maximum absolute atomic E-state index is 4.83. The van der Waals surface area contributed by atoms with Crippen LogP contribution in [0.5, 0.6) is 0 Å². The molecule has 0 radical (unpaired) electrons. The van der Waals surface area contributed by atoms with Gasteiger partial charge in [0.1, 0.15) is 0 Å². The summed E-state index contributed by atoms with van der Waals surface area (Å²) >= 11 is 0. The summed E-state index contributed by atoms with van der Waals surface area (Å²) in [6.07, 6.45) is 7.92. The van der Waals surface area contributed by atoms with Crippen molar-refractivity contribution >= 4 is 5.52 Å². The van der Waals surface area contributed by atoms with Gasteiger partial charge < -0.3 is 4.40 Å². The van der Waals surface area contributed by atoms with Gasteiger partial charge in [-0.05, 0) is 35.9 Å². The predicted molar refractivity (Wildman–Crippen MR) is 116 cm³/mol. The molecule has 5 heteroatoms. The van der Waals surface area contributed by atoms with Crippen molar-refractivity contribution < 1.29 is 0 Å². The van der Waals surface area contributed by atoms with Gasteiger partial charge in [0, 0.05) is 44.8 Å². The van der Waals surface area contributed by atoms with Gasteiger partial charge in [0.25, 0.3) is 0 Å². The molecule has 1 aliphatic heterocycles. The Morgan fingerprint density at radius 2 is 1.86 bits per heavy atom. The molecular weight excluding hydrogens is 358 g/mol. The lowest BCUT2D eigenvalue weighted by Crippen LogP contribution is -2.46. The lowest BCUT2D eigenvalue weighted by atomic mass is 10.1. The van der Waals surface area contributed by atoms with Crippen molar-refractivity contribution in [3.05, 3.63) is 90.8 Å². The zero-order valence-corrected chi connectivity index (χ0v) is 16.6. The van der Waals surface area contributed by atoms with Crippen LogP contribution in [-0.4, -0.2) is 50.9 Å². The highest BCUT2D eigenvalue weighted by Gasteiger charge is 2.28. The van der Waals surface area contributed by atoms with Crippen LogP contribution in [0.4, 0.5) is 0 Å². The number of likely N-dealkylation sites (N-methyl/N-ethyl adjacent to an activating group) is 1. The maximum Gasteiger partial charge on any atom is 0.0996 e. The van der Waals surface area contributed by atoms with Crippen molar-refractivity contribution in [2.24, 2.45) is 0 Å². The molecule has 1 fully saturated rings. The molecule has 1 saturated heterocycles. The smallest absolute Gasteiger partial charge is 0.0996 e. The highest BCUT2D eigenvalue weighted by Crippen LogP contribution is 2.29. The van der Waals surface area contributed by atoms with Crippen molar-refractivity contribution in [1.82, 2.24) is 24.2 Å². The molecule has 1 atom stereocenters. The highest BCUT2D eigenvalue weighted by atomic mass is 15.3. The van der Waals surface area contributed by atoms with E-state index in [2.05, 4.69) is 74.9 Å². The Morgan fingerprint density at radius 3 is 2.69 bits per heavy atom. The highest BCUT2D eigenvalue weighted by molar-refractivity contribution is 5.66. The third kappa shape index (κ3) is 3.67.